The van der Waals surface area contributed by atoms with Gasteiger partial charge in [0.25, 0.3) is 0 Å². The fraction of sp³-hybridized carbons (Fsp3) is 0.600. The zero-order chi connectivity index (χ0) is 14.5. The van der Waals surface area contributed by atoms with E-state index in [4.69, 9.17) is 16.3 Å². The number of hydrogen-bond donors (Lipinski definition) is 1. The van der Waals surface area contributed by atoms with E-state index in [9.17, 15) is 0 Å². The average molecular weight is 362 g/mol. The Morgan fingerprint density at radius 1 is 1.50 bits per heavy atom. The molecule has 1 atom stereocenters. The summed E-state index contributed by atoms with van der Waals surface area (Å²) in [4.78, 5) is 2.45. The molecule has 112 valence electrons. The van der Waals surface area contributed by atoms with E-state index in [2.05, 4.69) is 46.1 Å². The van der Waals surface area contributed by atoms with E-state index in [1.807, 2.05) is 12.1 Å². The maximum absolute atomic E-state index is 6.32. The third kappa shape index (κ3) is 4.71. The number of ether oxygens (including phenoxy) is 1. The van der Waals surface area contributed by atoms with Gasteiger partial charge in [-0.2, -0.15) is 0 Å². The van der Waals surface area contributed by atoms with Crippen LogP contribution in [0.5, 0.6) is 0 Å². The molecule has 1 N–H and O–H groups in total. The van der Waals surface area contributed by atoms with E-state index in [1.165, 1.54) is 5.56 Å². The zero-order valence-corrected chi connectivity index (χ0v) is 14.4. The fourth-order valence-electron chi connectivity index (χ4n) is 2.33. The van der Waals surface area contributed by atoms with E-state index in [-0.39, 0.29) is 0 Å². The third-order valence-corrected chi connectivity index (χ3v) is 4.34. The number of nitrogens with one attached hydrogen (secondary N) is 1. The lowest BCUT2D eigenvalue weighted by atomic mass is 10.1. The first kappa shape index (κ1) is 16.2. The number of nitrogens with zero attached hydrogens (tertiary/aromatic N) is 1. The molecule has 0 bridgehead atoms. The van der Waals surface area contributed by atoms with Crippen molar-refractivity contribution in [2.24, 2.45) is 0 Å². The Labute approximate surface area is 134 Å². The van der Waals surface area contributed by atoms with E-state index >= 15 is 0 Å². The van der Waals surface area contributed by atoms with Crippen LogP contribution < -0.4 is 5.32 Å². The summed E-state index contributed by atoms with van der Waals surface area (Å²) >= 11 is 9.77. The number of morpholine rings is 1. The minimum atomic E-state index is 0.408. The lowest BCUT2D eigenvalue weighted by Crippen LogP contribution is -2.50. The Morgan fingerprint density at radius 2 is 2.30 bits per heavy atom. The Bertz CT molecular complexity index is 442. The van der Waals surface area contributed by atoms with Crippen molar-refractivity contribution in [3.05, 3.63) is 33.3 Å². The Hall–Kier alpha value is -0.130. The summed E-state index contributed by atoms with van der Waals surface area (Å²) in [5, 5.41) is 4.31. The highest BCUT2D eigenvalue weighted by molar-refractivity contribution is 9.10. The van der Waals surface area contributed by atoms with E-state index in [0.717, 1.165) is 42.3 Å². The predicted octanol–water partition coefficient (Wildman–Crippen LogP) is 3.30. The third-order valence-electron chi connectivity index (χ3n) is 3.50. The van der Waals surface area contributed by atoms with E-state index in [0.29, 0.717) is 12.1 Å². The Morgan fingerprint density at radius 3 is 3.00 bits per heavy atom. The van der Waals surface area contributed by atoms with Gasteiger partial charge in [-0.25, -0.2) is 0 Å². The molecule has 1 heterocycles. The van der Waals surface area contributed by atoms with Gasteiger partial charge in [0.2, 0.25) is 0 Å². The summed E-state index contributed by atoms with van der Waals surface area (Å²) in [6, 6.07) is 7.00. The van der Waals surface area contributed by atoms with Crippen LogP contribution in [-0.2, 0) is 11.3 Å². The molecule has 3 nitrogen and oxygen atoms in total. The van der Waals surface area contributed by atoms with Gasteiger partial charge in [0.1, 0.15) is 0 Å². The van der Waals surface area contributed by atoms with Gasteiger partial charge in [-0.1, -0.05) is 47.4 Å². The van der Waals surface area contributed by atoms with Gasteiger partial charge in [-0.05, 0) is 17.7 Å². The molecule has 2 rings (SSSR count). The maximum atomic E-state index is 6.32. The smallest absolute Gasteiger partial charge is 0.0635 e. The number of hydrogen-bond acceptors (Lipinski definition) is 3. The second-order valence-corrected chi connectivity index (χ2v) is 6.82. The first-order chi connectivity index (χ1) is 9.56. The van der Waals surface area contributed by atoms with Gasteiger partial charge in [0.05, 0.1) is 13.2 Å². The summed E-state index contributed by atoms with van der Waals surface area (Å²) in [5.41, 5.74) is 1.17. The van der Waals surface area contributed by atoms with Crippen molar-refractivity contribution in [3.8, 4) is 0 Å². The normalized spacial score (nSPS) is 20.6. The van der Waals surface area contributed by atoms with Crippen LogP contribution in [0.1, 0.15) is 19.4 Å². The first-order valence-corrected chi connectivity index (χ1v) is 8.22. The van der Waals surface area contributed by atoms with Crippen LogP contribution in [0.2, 0.25) is 5.02 Å². The Balaban J connectivity index is 2.00. The second-order valence-electron chi connectivity index (χ2n) is 5.50. The lowest BCUT2D eigenvalue weighted by molar-refractivity contribution is -0.0114. The van der Waals surface area contributed by atoms with Gasteiger partial charge in [-0.15, -0.1) is 0 Å². The first-order valence-electron chi connectivity index (χ1n) is 7.05. The van der Waals surface area contributed by atoms with Gasteiger partial charge in [0, 0.05) is 41.2 Å². The van der Waals surface area contributed by atoms with Gasteiger partial charge >= 0.3 is 0 Å². The molecule has 1 aromatic rings. The molecule has 1 aliphatic rings. The van der Waals surface area contributed by atoms with Crippen molar-refractivity contribution in [2.45, 2.75) is 32.5 Å². The Kier molecular flexibility index (Phi) is 6.30. The molecule has 1 fully saturated rings. The summed E-state index contributed by atoms with van der Waals surface area (Å²) in [6.07, 6.45) is 0. The quantitative estimate of drug-likeness (QED) is 0.871. The number of halogens is 2. The van der Waals surface area contributed by atoms with Crippen LogP contribution >= 0.6 is 27.5 Å². The molecule has 0 aliphatic carbocycles. The minimum absolute atomic E-state index is 0.408. The SMILES string of the molecule is CC(C)NCC1COCCN1Cc1ccc(Br)cc1Cl. The van der Waals surface area contributed by atoms with Gasteiger partial charge in [-0.3, -0.25) is 4.90 Å². The fourth-order valence-corrected chi connectivity index (χ4v) is 3.06. The summed E-state index contributed by atoms with van der Waals surface area (Å²) in [5.74, 6) is 0. The molecule has 20 heavy (non-hydrogen) atoms. The average Bonchev–Trinajstić information content (AvgIpc) is 2.41. The predicted molar refractivity (Wildman–Crippen MR) is 87.3 cm³/mol. The highest BCUT2D eigenvalue weighted by Crippen LogP contribution is 2.23. The van der Waals surface area contributed by atoms with Crippen LogP contribution in [-0.4, -0.2) is 43.3 Å². The topological polar surface area (TPSA) is 24.5 Å². The molecule has 0 amide bonds. The van der Waals surface area contributed by atoms with Crippen LogP contribution in [0.3, 0.4) is 0 Å². The molecule has 0 aromatic heterocycles. The molecule has 1 aliphatic heterocycles. The molecule has 0 spiro atoms. The maximum Gasteiger partial charge on any atom is 0.0635 e. The highest BCUT2D eigenvalue weighted by atomic mass is 79.9. The van der Waals surface area contributed by atoms with Crippen LogP contribution in [0.25, 0.3) is 0 Å². The summed E-state index contributed by atoms with van der Waals surface area (Å²) in [7, 11) is 0. The lowest BCUT2D eigenvalue weighted by Gasteiger charge is -2.36. The van der Waals surface area contributed by atoms with Crippen LogP contribution in [0.4, 0.5) is 0 Å². The zero-order valence-electron chi connectivity index (χ0n) is 12.0. The van der Waals surface area contributed by atoms with Gasteiger partial charge in [0.15, 0.2) is 0 Å². The van der Waals surface area contributed by atoms with Crippen LogP contribution in [0, 0.1) is 0 Å². The molecule has 1 unspecified atom stereocenters. The summed E-state index contributed by atoms with van der Waals surface area (Å²) in [6.45, 7) is 8.70. The number of rotatable bonds is 5. The van der Waals surface area contributed by atoms with Crippen molar-refractivity contribution in [2.75, 3.05) is 26.3 Å². The van der Waals surface area contributed by atoms with E-state index in [1.54, 1.807) is 0 Å². The number of benzene rings is 1. The second kappa shape index (κ2) is 7.76. The standard InChI is InChI=1S/C15H22BrClN2O/c1-11(2)18-8-14-10-20-6-5-19(14)9-12-3-4-13(16)7-15(12)17/h3-4,7,11,14,18H,5-6,8-10H2,1-2H3. The molecule has 5 heteroatoms. The van der Waals surface area contributed by atoms with Crippen molar-refractivity contribution in [1.82, 2.24) is 10.2 Å². The molecular weight excluding hydrogens is 340 g/mol. The van der Waals surface area contributed by atoms with Crippen LogP contribution in [0.15, 0.2) is 22.7 Å². The molecule has 0 saturated carbocycles. The largest absolute Gasteiger partial charge is 0.378 e. The van der Waals surface area contributed by atoms with Crippen molar-refractivity contribution in [1.29, 1.82) is 0 Å². The molecule has 1 saturated heterocycles. The van der Waals surface area contributed by atoms with Gasteiger partial charge < -0.3 is 10.1 Å². The van der Waals surface area contributed by atoms with Crippen molar-refractivity contribution >= 4 is 27.5 Å². The van der Waals surface area contributed by atoms with E-state index < -0.39 is 0 Å². The molecule has 0 radical (unpaired) electrons. The molecule has 1 aromatic carbocycles. The molecular formula is C15H22BrClN2O. The minimum Gasteiger partial charge on any atom is -0.378 e. The monoisotopic (exact) mass is 360 g/mol. The highest BCUT2D eigenvalue weighted by Gasteiger charge is 2.23. The summed E-state index contributed by atoms with van der Waals surface area (Å²) < 4.78 is 6.63. The van der Waals surface area contributed by atoms with Crippen molar-refractivity contribution in [3.63, 3.8) is 0 Å². The van der Waals surface area contributed by atoms with Crippen molar-refractivity contribution < 1.29 is 4.74 Å².